The standard InChI is InChI=1S/C24H18ClF3N6O3/c1-29-23(37)13-6-12(10-30-11-13)22-16-4-2-15(8-19(16)33-34-22)32-21(36)9-20(35)31-14-3-5-18(25)17(7-14)24(26,27)28/h2-8,10-11H,9H2,1H3,(H,29,37)(H,31,35)(H,32,36)(H,33,34). The topological polar surface area (TPSA) is 129 Å². The van der Waals surface area contributed by atoms with E-state index in [1.807, 2.05) is 0 Å². The van der Waals surface area contributed by atoms with E-state index in [9.17, 15) is 27.6 Å². The molecule has 0 aliphatic rings. The fourth-order valence-corrected chi connectivity index (χ4v) is 3.76. The number of aromatic amines is 1. The lowest BCUT2D eigenvalue weighted by Crippen LogP contribution is -2.21. The van der Waals surface area contributed by atoms with Crippen LogP contribution in [0.2, 0.25) is 5.02 Å². The molecular formula is C24H18ClF3N6O3. The predicted octanol–water partition coefficient (Wildman–Crippen LogP) is 4.62. The smallest absolute Gasteiger partial charge is 0.355 e. The number of pyridine rings is 1. The van der Waals surface area contributed by atoms with E-state index in [-0.39, 0.29) is 11.6 Å². The SMILES string of the molecule is CNC(=O)c1cncc(-c2n[nH]c3cc(NC(=O)CC(=O)Nc4ccc(Cl)c(C(F)(F)F)c4)ccc23)c1. The van der Waals surface area contributed by atoms with E-state index >= 15 is 0 Å². The van der Waals surface area contributed by atoms with E-state index < -0.39 is 35.0 Å². The Morgan fingerprint density at radius 2 is 1.65 bits per heavy atom. The highest BCUT2D eigenvalue weighted by molar-refractivity contribution is 6.31. The Morgan fingerprint density at radius 3 is 2.32 bits per heavy atom. The number of fused-ring (bicyclic) bond motifs is 1. The van der Waals surface area contributed by atoms with Gasteiger partial charge in [0.05, 0.1) is 21.7 Å². The van der Waals surface area contributed by atoms with Crippen LogP contribution in [0.15, 0.2) is 54.9 Å². The number of hydrogen-bond acceptors (Lipinski definition) is 5. The van der Waals surface area contributed by atoms with Gasteiger partial charge in [0.2, 0.25) is 11.8 Å². The van der Waals surface area contributed by atoms with Crippen molar-refractivity contribution in [3.63, 3.8) is 0 Å². The van der Waals surface area contributed by atoms with Crippen LogP contribution in [-0.2, 0) is 15.8 Å². The van der Waals surface area contributed by atoms with Crippen molar-refractivity contribution in [2.24, 2.45) is 0 Å². The summed E-state index contributed by atoms with van der Waals surface area (Å²) in [5.41, 5.74) is 1.22. The van der Waals surface area contributed by atoms with Crippen LogP contribution in [0.25, 0.3) is 22.2 Å². The molecule has 0 saturated carbocycles. The van der Waals surface area contributed by atoms with E-state index in [0.717, 1.165) is 6.07 Å². The average Bonchev–Trinajstić information content (AvgIpc) is 3.27. The lowest BCUT2D eigenvalue weighted by atomic mass is 10.1. The summed E-state index contributed by atoms with van der Waals surface area (Å²) >= 11 is 5.57. The molecule has 0 fully saturated rings. The van der Waals surface area contributed by atoms with Crippen molar-refractivity contribution in [3.8, 4) is 11.3 Å². The van der Waals surface area contributed by atoms with E-state index in [1.165, 1.54) is 19.3 Å². The van der Waals surface area contributed by atoms with Crippen LogP contribution in [0.1, 0.15) is 22.3 Å². The van der Waals surface area contributed by atoms with Gasteiger partial charge in [-0.05, 0) is 42.5 Å². The molecule has 0 atom stereocenters. The van der Waals surface area contributed by atoms with Gasteiger partial charge in [-0.25, -0.2) is 0 Å². The highest BCUT2D eigenvalue weighted by atomic mass is 35.5. The van der Waals surface area contributed by atoms with Gasteiger partial charge < -0.3 is 16.0 Å². The summed E-state index contributed by atoms with van der Waals surface area (Å²) in [7, 11) is 1.51. The summed E-state index contributed by atoms with van der Waals surface area (Å²) in [6.07, 6.45) is -2.32. The molecule has 0 spiro atoms. The van der Waals surface area contributed by atoms with Crippen LogP contribution in [0, 0.1) is 0 Å². The van der Waals surface area contributed by atoms with Crippen LogP contribution in [0.3, 0.4) is 0 Å². The number of benzene rings is 2. The van der Waals surface area contributed by atoms with Crippen molar-refractivity contribution in [1.82, 2.24) is 20.5 Å². The summed E-state index contributed by atoms with van der Waals surface area (Å²) in [6, 6.07) is 9.46. The van der Waals surface area contributed by atoms with Gasteiger partial charge in [-0.15, -0.1) is 0 Å². The quantitative estimate of drug-likeness (QED) is 0.270. The Hall–Kier alpha value is -4.45. The second kappa shape index (κ2) is 10.3. The summed E-state index contributed by atoms with van der Waals surface area (Å²) in [4.78, 5) is 40.5. The third kappa shape index (κ3) is 5.86. The number of rotatable bonds is 6. The molecule has 2 aromatic carbocycles. The van der Waals surface area contributed by atoms with Crippen molar-refractivity contribution in [2.75, 3.05) is 17.7 Å². The maximum absolute atomic E-state index is 13.0. The highest BCUT2D eigenvalue weighted by Gasteiger charge is 2.33. The summed E-state index contributed by atoms with van der Waals surface area (Å²) in [5, 5.41) is 14.7. The van der Waals surface area contributed by atoms with Crippen LogP contribution in [-0.4, -0.2) is 40.0 Å². The number of carbonyl (C=O) groups is 3. The summed E-state index contributed by atoms with van der Waals surface area (Å²) in [6.45, 7) is 0. The highest BCUT2D eigenvalue weighted by Crippen LogP contribution is 2.36. The molecule has 0 unspecified atom stereocenters. The molecule has 2 aromatic heterocycles. The fraction of sp³-hybridized carbons (Fsp3) is 0.125. The number of aromatic nitrogens is 3. The Morgan fingerprint density at radius 1 is 0.973 bits per heavy atom. The number of halogens is 4. The van der Waals surface area contributed by atoms with Gasteiger partial charge in [0.15, 0.2) is 0 Å². The summed E-state index contributed by atoms with van der Waals surface area (Å²) < 4.78 is 39.0. The molecule has 0 aliphatic carbocycles. The maximum atomic E-state index is 13.0. The number of alkyl halides is 3. The minimum absolute atomic E-state index is 0.143. The van der Waals surface area contributed by atoms with E-state index in [0.29, 0.717) is 39.5 Å². The van der Waals surface area contributed by atoms with Crippen molar-refractivity contribution in [2.45, 2.75) is 12.6 Å². The molecule has 37 heavy (non-hydrogen) atoms. The van der Waals surface area contributed by atoms with Gasteiger partial charge in [0.1, 0.15) is 12.1 Å². The molecule has 3 amide bonds. The van der Waals surface area contributed by atoms with Crippen molar-refractivity contribution in [1.29, 1.82) is 0 Å². The largest absolute Gasteiger partial charge is 0.417 e. The van der Waals surface area contributed by atoms with Crippen LogP contribution < -0.4 is 16.0 Å². The van der Waals surface area contributed by atoms with Gasteiger partial charge in [0.25, 0.3) is 5.91 Å². The number of amides is 3. The lowest BCUT2D eigenvalue weighted by Gasteiger charge is -2.12. The molecule has 0 bridgehead atoms. The Bertz CT molecular complexity index is 1520. The van der Waals surface area contributed by atoms with Crippen LogP contribution >= 0.6 is 11.6 Å². The number of anilines is 2. The second-order valence-corrected chi connectivity index (χ2v) is 8.25. The molecule has 13 heteroatoms. The predicted molar refractivity (Wildman–Crippen MR) is 131 cm³/mol. The second-order valence-electron chi connectivity index (χ2n) is 7.84. The molecule has 190 valence electrons. The molecule has 2 heterocycles. The Balaban J connectivity index is 1.43. The van der Waals surface area contributed by atoms with E-state index in [1.54, 1.807) is 30.5 Å². The molecule has 0 radical (unpaired) electrons. The van der Waals surface area contributed by atoms with Gasteiger partial charge in [-0.3, -0.25) is 24.5 Å². The molecule has 4 rings (SSSR count). The number of nitrogens with one attached hydrogen (secondary N) is 4. The monoisotopic (exact) mass is 530 g/mol. The third-order valence-corrected chi connectivity index (χ3v) is 5.55. The zero-order valence-corrected chi connectivity index (χ0v) is 19.8. The zero-order valence-electron chi connectivity index (χ0n) is 19.0. The molecule has 4 aromatic rings. The maximum Gasteiger partial charge on any atom is 0.417 e. The van der Waals surface area contributed by atoms with E-state index in [2.05, 4.69) is 31.1 Å². The minimum Gasteiger partial charge on any atom is -0.355 e. The molecule has 0 saturated heterocycles. The molecule has 4 N–H and O–H groups in total. The van der Waals surface area contributed by atoms with Crippen molar-refractivity contribution < 1.29 is 27.6 Å². The first-order chi connectivity index (χ1) is 17.5. The number of H-pyrrole nitrogens is 1. The first-order valence-corrected chi connectivity index (χ1v) is 11.0. The van der Waals surface area contributed by atoms with E-state index in [4.69, 9.17) is 11.6 Å². The molecular weight excluding hydrogens is 513 g/mol. The average molecular weight is 531 g/mol. The number of nitrogens with zero attached hydrogens (tertiary/aromatic N) is 2. The summed E-state index contributed by atoms with van der Waals surface area (Å²) in [5.74, 6) is -1.77. The van der Waals surface area contributed by atoms with Gasteiger partial charge in [0, 0.05) is 41.8 Å². The normalized spacial score (nSPS) is 11.3. The first-order valence-electron chi connectivity index (χ1n) is 10.7. The molecule has 9 nitrogen and oxygen atoms in total. The van der Waals surface area contributed by atoms with Gasteiger partial charge in [-0.1, -0.05) is 11.6 Å². The van der Waals surface area contributed by atoms with Crippen molar-refractivity contribution in [3.05, 3.63) is 71.0 Å². The minimum atomic E-state index is -4.69. The van der Waals surface area contributed by atoms with Crippen LogP contribution in [0.5, 0.6) is 0 Å². The molecule has 0 aliphatic heterocycles. The van der Waals surface area contributed by atoms with Gasteiger partial charge >= 0.3 is 6.18 Å². The first kappa shape index (κ1) is 25.6. The lowest BCUT2D eigenvalue weighted by molar-refractivity contribution is -0.137. The fourth-order valence-electron chi connectivity index (χ4n) is 3.53. The van der Waals surface area contributed by atoms with Gasteiger partial charge in [-0.2, -0.15) is 18.3 Å². The third-order valence-electron chi connectivity index (χ3n) is 5.22. The van der Waals surface area contributed by atoms with Crippen LogP contribution in [0.4, 0.5) is 24.5 Å². The number of hydrogen-bond donors (Lipinski definition) is 4. The number of carbonyl (C=O) groups excluding carboxylic acids is 3. The zero-order chi connectivity index (χ0) is 26.7. The van der Waals surface area contributed by atoms with Crippen molar-refractivity contribution >= 4 is 51.6 Å². The Kier molecular flexibility index (Phi) is 7.11. The Labute approximate surface area is 212 Å².